The van der Waals surface area contributed by atoms with Crippen molar-refractivity contribution in [1.82, 2.24) is 16.0 Å². The van der Waals surface area contributed by atoms with Gasteiger partial charge in [-0.15, -0.1) is 0 Å². The zero-order valence-corrected chi connectivity index (χ0v) is 43.2. The topological polar surface area (TPSA) is 548 Å². The third-order valence-electron chi connectivity index (χ3n) is 11.8. The number of unbranched alkanes of at least 4 members (excludes halogenated alkanes) is 3. The molecule has 0 aromatic carbocycles. The normalized spacial score (nSPS) is 36.1. The van der Waals surface area contributed by atoms with Crippen molar-refractivity contribution in [3.05, 3.63) is 0 Å². The van der Waals surface area contributed by atoms with E-state index in [1.54, 1.807) is 0 Å². The lowest BCUT2D eigenvalue weighted by atomic mass is 9.93. The van der Waals surface area contributed by atoms with E-state index in [1.807, 2.05) is 0 Å². The van der Waals surface area contributed by atoms with Crippen LogP contribution in [0.1, 0.15) is 59.3 Å². The predicted molar refractivity (Wildman–Crippen MR) is 240 cm³/mol. The Morgan fingerprint density at radius 1 is 0.545 bits per heavy atom. The van der Waals surface area contributed by atoms with Crippen molar-refractivity contribution < 1.29 is 154 Å². The average molecular weight is 1190 g/mol. The van der Waals surface area contributed by atoms with E-state index in [1.165, 1.54) is 6.92 Å². The SMILES string of the molecule is CCC1OC(OC2C(C(=O)O)OC(OC3C(COS(=O)(=O)O)OC(OC4C(C(=O)O)OC(OCCCCCCNC(=O)CCO)C(OS(=O)(=O)O)C4O)C(NC(C)=O)C3O)C(OS(=O)(=O)O)C2O)C(NC(C)=O)C(O)C1O. The second kappa shape index (κ2) is 28.7. The van der Waals surface area contributed by atoms with Gasteiger partial charge in [0.25, 0.3) is 0 Å². The van der Waals surface area contributed by atoms with Crippen LogP contribution >= 0.6 is 0 Å². The van der Waals surface area contributed by atoms with E-state index in [0.29, 0.717) is 19.3 Å². The lowest BCUT2D eigenvalue weighted by Crippen LogP contribution is -2.70. The zero-order chi connectivity index (χ0) is 57.9. The van der Waals surface area contributed by atoms with Crippen molar-refractivity contribution in [2.75, 3.05) is 26.4 Å². The van der Waals surface area contributed by atoms with Gasteiger partial charge in [0, 0.05) is 33.4 Å². The number of nitrogens with one attached hydrogen (secondary N) is 3. The van der Waals surface area contributed by atoms with Crippen molar-refractivity contribution in [1.29, 1.82) is 0 Å². The van der Waals surface area contributed by atoms with Crippen molar-refractivity contribution in [2.24, 2.45) is 0 Å². The molecule has 0 spiro atoms. The Labute approximate surface area is 438 Å². The average Bonchev–Trinajstić information content (AvgIpc) is 3.30. The molecule has 36 nitrogen and oxygen atoms in total. The lowest BCUT2D eigenvalue weighted by Gasteiger charge is -2.50. The van der Waals surface area contributed by atoms with Crippen LogP contribution in [0.15, 0.2) is 0 Å². The summed E-state index contributed by atoms with van der Waals surface area (Å²) in [6.45, 7) is 1.28. The van der Waals surface area contributed by atoms with Gasteiger partial charge in [-0.25, -0.2) is 22.1 Å². The van der Waals surface area contributed by atoms with Gasteiger partial charge >= 0.3 is 43.1 Å². The van der Waals surface area contributed by atoms with Gasteiger partial charge in [0.15, 0.2) is 49.6 Å². The maximum absolute atomic E-state index is 12.8. The third kappa shape index (κ3) is 19.3. The molecule has 446 valence electrons. The summed E-state index contributed by atoms with van der Waals surface area (Å²) in [7, 11) is -16.9. The highest BCUT2D eigenvalue weighted by molar-refractivity contribution is 7.81. The van der Waals surface area contributed by atoms with Crippen molar-refractivity contribution >= 4 is 60.9 Å². The van der Waals surface area contributed by atoms with Gasteiger partial charge in [-0.3, -0.25) is 28.0 Å². The molecule has 0 bridgehead atoms. The highest BCUT2D eigenvalue weighted by Crippen LogP contribution is 2.37. The molecule has 4 aliphatic heterocycles. The number of carbonyl (C=O) groups is 5. The Kier molecular flexibility index (Phi) is 24.6. The van der Waals surface area contributed by atoms with E-state index in [0.717, 1.165) is 13.8 Å². The molecule has 39 heteroatoms. The summed E-state index contributed by atoms with van der Waals surface area (Å²) in [4.78, 5) is 61.8. The second-order valence-electron chi connectivity index (χ2n) is 17.5. The van der Waals surface area contributed by atoms with Crippen molar-refractivity contribution in [3.8, 4) is 0 Å². The van der Waals surface area contributed by atoms with Crippen LogP contribution in [0.3, 0.4) is 0 Å². The molecule has 0 radical (unpaired) electrons. The molecule has 0 saturated carbocycles. The van der Waals surface area contributed by atoms with Crippen LogP contribution in [0.4, 0.5) is 0 Å². The van der Waals surface area contributed by atoms with Crippen LogP contribution < -0.4 is 16.0 Å². The quantitative estimate of drug-likeness (QED) is 0.0256. The number of hydrogen-bond donors (Lipinski definition) is 14. The first-order chi connectivity index (χ1) is 35.8. The summed E-state index contributed by atoms with van der Waals surface area (Å²) in [6.07, 6.45) is -40.5. The first kappa shape index (κ1) is 65.9. The summed E-state index contributed by atoms with van der Waals surface area (Å²) < 4.78 is 160. The van der Waals surface area contributed by atoms with Crippen LogP contribution in [-0.2, 0) is 106 Å². The van der Waals surface area contributed by atoms with Crippen LogP contribution in [0.2, 0.25) is 0 Å². The van der Waals surface area contributed by atoms with Crippen LogP contribution in [-0.4, -0.2) is 258 Å². The van der Waals surface area contributed by atoms with E-state index >= 15 is 0 Å². The van der Waals surface area contributed by atoms with Gasteiger partial charge in [0.1, 0.15) is 67.0 Å². The molecule has 77 heavy (non-hydrogen) atoms. The molecule has 4 rings (SSSR count). The monoisotopic (exact) mass is 1190 g/mol. The number of ether oxygens (including phenoxy) is 8. The van der Waals surface area contributed by atoms with Gasteiger partial charge in [-0.2, -0.15) is 25.3 Å². The first-order valence-electron chi connectivity index (χ1n) is 23.2. The number of aliphatic carboxylic acids is 2. The van der Waals surface area contributed by atoms with Crippen LogP contribution in [0.25, 0.3) is 0 Å². The number of amides is 3. The smallest absolute Gasteiger partial charge is 0.397 e. The third-order valence-corrected chi connectivity index (χ3v) is 13.1. The predicted octanol–water partition coefficient (Wildman–Crippen LogP) is -7.29. The number of carbonyl (C=O) groups excluding carboxylic acids is 3. The minimum atomic E-state index is -5.81. The molecule has 4 fully saturated rings. The summed E-state index contributed by atoms with van der Waals surface area (Å²) in [5.74, 6) is -6.39. The van der Waals surface area contributed by atoms with Crippen molar-refractivity contribution in [2.45, 2.75) is 182 Å². The molecule has 0 aliphatic carbocycles. The number of carboxylic acids is 2. The Hall–Kier alpha value is -3.60. The zero-order valence-electron chi connectivity index (χ0n) is 40.7. The number of rotatable bonds is 28. The van der Waals surface area contributed by atoms with E-state index in [2.05, 4.69) is 28.5 Å². The molecular formula is C38H63N3O33S3. The van der Waals surface area contributed by atoms with E-state index in [4.69, 9.17) is 43.0 Å². The van der Waals surface area contributed by atoms with E-state index in [-0.39, 0.29) is 44.9 Å². The highest BCUT2D eigenvalue weighted by Gasteiger charge is 2.59. The molecule has 4 aliphatic rings. The number of aliphatic hydroxyl groups is 6. The van der Waals surface area contributed by atoms with Crippen LogP contribution in [0, 0.1) is 0 Å². The molecular weight excluding hydrogens is 1120 g/mol. The van der Waals surface area contributed by atoms with Gasteiger partial charge < -0.3 is 94.7 Å². The van der Waals surface area contributed by atoms with E-state index in [9.17, 15) is 98.6 Å². The lowest BCUT2D eigenvalue weighted by molar-refractivity contribution is -0.368. The fourth-order valence-corrected chi connectivity index (χ4v) is 9.68. The Bertz CT molecular complexity index is 2330. The van der Waals surface area contributed by atoms with Gasteiger partial charge in [-0.05, 0) is 19.3 Å². The fourth-order valence-electron chi connectivity index (χ4n) is 8.40. The van der Waals surface area contributed by atoms with Crippen molar-refractivity contribution in [3.63, 3.8) is 0 Å². The fraction of sp³-hybridized carbons (Fsp3) is 0.868. The minimum Gasteiger partial charge on any atom is -0.479 e. The van der Waals surface area contributed by atoms with Gasteiger partial charge in [-0.1, -0.05) is 19.8 Å². The van der Waals surface area contributed by atoms with Crippen LogP contribution in [0.5, 0.6) is 0 Å². The molecule has 0 aromatic rings. The molecule has 0 aromatic heterocycles. The minimum absolute atomic E-state index is 0.0460. The molecule has 14 N–H and O–H groups in total. The highest BCUT2D eigenvalue weighted by atomic mass is 32.3. The summed E-state index contributed by atoms with van der Waals surface area (Å²) >= 11 is 0. The molecule has 4 saturated heterocycles. The molecule has 4 heterocycles. The summed E-state index contributed by atoms with van der Waals surface area (Å²) in [6, 6.07) is -3.94. The number of carboxylic acid groups (broad SMARTS) is 2. The van der Waals surface area contributed by atoms with E-state index < -0.39 is 184 Å². The summed E-state index contributed by atoms with van der Waals surface area (Å²) in [5.41, 5.74) is 0. The molecule has 20 atom stereocenters. The molecule has 3 amide bonds. The maximum atomic E-state index is 12.8. The maximum Gasteiger partial charge on any atom is 0.397 e. The largest absolute Gasteiger partial charge is 0.479 e. The Balaban J connectivity index is 1.68. The summed E-state index contributed by atoms with van der Waals surface area (Å²) in [5, 5.41) is 92.8. The molecule has 20 unspecified atom stereocenters. The standard InChI is InChI=1S/C38H63N3O33S3/c1-4-16-21(46)22(47)19(40-14(2)43)35(66-16)69-28-25(50)30(74-77(61,62)63)38(72-32(28)34(53)54)68-26-17(13-65-75(55,56)57)67-36(20(23(26)48)41-15(3)44)70-27-24(49)29(73-76(58,59)60)37(71-31(27)33(51)52)64-12-8-6-5-7-10-39-18(45)9-11-42/h16-17,19-32,35-38,42,46-50H,4-13H2,1-3H3,(H,39,45)(H,40,43)(H,41,44)(H,51,52)(H,53,54)(H,55,56,57)(H,58,59,60)(H,61,62,63). The Morgan fingerprint density at radius 2 is 1.01 bits per heavy atom. The van der Waals surface area contributed by atoms with Gasteiger partial charge in [0.05, 0.1) is 19.3 Å². The number of hydrogen-bond acceptors (Lipinski definition) is 28. The van der Waals surface area contributed by atoms with Gasteiger partial charge in [0.2, 0.25) is 17.7 Å². The second-order valence-corrected chi connectivity index (χ2v) is 20.7. The first-order valence-corrected chi connectivity index (χ1v) is 27.3. The Morgan fingerprint density at radius 3 is 1.48 bits per heavy atom. The number of aliphatic hydroxyl groups excluding tert-OH is 6.